The number of rotatable bonds is 3. The zero-order valence-electron chi connectivity index (χ0n) is 13.9. The van der Waals surface area contributed by atoms with Gasteiger partial charge in [-0.15, -0.1) is 0 Å². The summed E-state index contributed by atoms with van der Waals surface area (Å²) in [6.07, 6.45) is -0.338. The average molecular weight is 311 g/mol. The molecular weight excluding hydrogens is 286 g/mol. The Kier molecular flexibility index (Phi) is 4.94. The van der Waals surface area contributed by atoms with Gasteiger partial charge in [0.15, 0.2) is 0 Å². The van der Waals surface area contributed by atoms with Crippen molar-refractivity contribution >= 4 is 5.69 Å². The molecule has 1 saturated heterocycles. The Hall–Kier alpha value is -1.91. The molecule has 1 aliphatic rings. The van der Waals surface area contributed by atoms with Gasteiger partial charge in [-0.1, -0.05) is 30.3 Å². The minimum Gasteiger partial charge on any atom is -0.390 e. The zero-order valence-corrected chi connectivity index (χ0v) is 13.9. The summed E-state index contributed by atoms with van der Waals surface area (Å²) in [4.78, 5) is 9.05. The van der Waals surface area contributed by atoms with E-state index in [1.165, 1.54) is 5.56 Å². The van der Waals surface area contributed by atoms with E-state index in [1.807, 2.05) is 19.9 Å². The first-order chi connectivity index (χ1) is 11.1. The van der Waals surface area contributed by atoms with Crippen molar-refractivity contribution in [1.82, 2.24) is 9.88 Å². The van der Waals surface area contributed by atoms with Crippen molar-refractivity contribution < 1.29 is 5.11 Å². The van der Waals surface area contributed by atoms with Gasteiger partial charge in [0.05, 0.1) is 6.10 Å². The van der Waals surface area contributed by atoms with Crippen molar-refractivity contribution in [2.45, 2.75) is 26.5 Å². The molecule has 0 saturated carbocycles. The van der Waals surface area contributed by atoms with Crippen LogP contribution in [0, 0.1) is 13.8 Å². The molecule has 0 amide bonds. The summed E-state index contributed by atoms with van der Waals surface area (Å²) < 4.78 is 0. The second-order valence-electron chi connectivity index (χ2n) is 6.43. The van der Waals surface area contributed by atoms with Crippen LogP contribution in [-0.4, -0.2) is 47.3 Å². The lowest BCUT2D eigenvalue weighted by atomic mass is 10.2. The summed E-state index contributed by atoms with van der Waals surface area (Å²) in [7, 11) is 0. The van der Waals surface area contributed by atoms with E-state index in [0.29, 0.717) is 13.1 Å². The highest BCUT2D eigenvalue weighted by atomic mass is 16.3. The number of benzene rings is 1. The third-order valence-corrected chi connectivity index (χ3v) is 4.27. The van der Waals surface area contributed by atoms with Gasteiger partial charge in [-0.2, -0.15) is 0 Å². The molecule has 1 fully saturated rings. The molecule has 122 valence electrons. The van der Waals surface area contributed by atoms with Gasteiger partial charge in [0.25, 0.3) is 0 Å². The zero-order chi connectivity index (χ0) is 16.2. The number of aliphatic hydroxyl groups is 1. The van der Waals surface area contributed by atoms with E-state index in [9.17, 15) is 5.11 Å². The molecule has 1 aliphatic heterocycles. The van der Waals surface area contributed by atoms with Crippen LogP contribution in [0.2, 0.25) is 0 Å². The fraction of sp³-hybridized carbons (Fsp3) is 0.421. The first-order valence-electron chi connectivity index (χ1n) is 8.25. The smallest absolute Gasteiger partial charge is 0.0841 e. The minimum absolute atomic E-state index is 0.338. The molecule has 0 radical (unpaired) electrons. The second-order valence-corrected chi connectivity index (χ2v) is 6.43. The van der Waals surface area contributed by atoms with Crippen LogP contribution in [0.15, 0.2) is 42.5 Å². The van der Waals surface area contributed by atoms with E-state index in [4.69, 9.17) is 0 Å². The molecule has 3 rings (SSSR count). The van der Waals surface area contributed by atoms with Crippen molar-refractivity contribution in [1.29, 1.82) is 0 Å². The van der Waals surface area contributed by atoms with Crippen LogP contribution in [0.25, 0.3) is 0 Å². The number of hydrogen-bond acceptors (Lipinski definition) is 4. The number of aliphatic hydroxyl groups excluding tert-OH is 1. The average Bonchev–Trinajstić information content (AvgIpc) is 2.69. The van der Waals surface area contributed by atoms with Gasteiger partial charge >= 0.3 is 0 Å². The van der Waals surface area contributed by atoms with E-state index in [0.717, 1.165) is 36.7 Å². The molecule has 1 atom stereocenters. The van der Waals surface area contributed by atoms with Crippen molar-refractivity contribution in [3.63, 3.8) is 0 Å². The monoisotopic (exact) mass is 311 g/mol. The molecule has 1 N–H and O–H groups in total. The number of aromatic nitrogens is 1. The van der Waals surface area contributed by atoms with Crippen LogP contribution in [0.4, 0.5) is 5.69 Å². The molecule has 2 heterocycles. The molecule has 0 bridgehead atoms. The number of hydrogen-bond donors (Lipinski definition) is 1. The molecule has 0 aliphatic carbocycles. The maximum Gasteiger partial charge on any atom is 0.0841 e. The van der Waals surface area contributed by atoms with Crippen LogP contribution >= 0.6 is 0 Å². The number of pyridine rings is 1. The Bertz CT molecular complexity index is 624. The topological polar surface area (TPSA) is 39.6 Å². The quantitative estimate of drug-likeness (QED) is 0.945. The van der Waals surface area contributed by atoms with Gasteiger partial charge in [-0.25, -0.2) is 0 Å². The Morgan fingerprint density at radius 3 is 2.43 bits per heavy atom. The SMILES string of the molecule is Cc1cc(N2CCN(Cc3ccccc3)C[C@H](O)C2)cc(C)n1. The summed E-state index contributed by atoms with van der Waals surface area (Å²) in [5.74, 6) is 0. The van der Waals surface area contributed by atoms with Crippen molar-refractivity contribution in [2.24, 2.45) is 0 Å². The molecule has 23 heavy (non-hydrogen) atoms. The first-order valence-corrected chi connectivity index (χ1v) is 8.25. The molecule has 4 heteroatoms. The highest BCUT2D eigenvalue weighted by Gasteiger charge is 2.21. The highest BCUT2D eigenvalue weighted by Crippen LogP contribution is 2.19. The van der Waals surface area contributed by atoms with E-state index in [2.05, 4.69) is 51.2 Å². The van der Waals surface area contributed by atoms with Gasteiger partial charge in [-0.3, -0.25) is 9.88 Å². The predicted molar refractivity (Wildman–Crippen MR) is 93.6 cm³/mol. The van der Waals surface area contributed by atoms with Crippen LogP contribution in [0.1, 0.15) is 17.0 Å². The van der Waals surface area contributed by atoms with E-state index in [-0.39, 0.29) is 6.10 Å². The van der Waals surface area contributed by atoms with Crippen LogP contribution in [-0.2, 0) is 6.54 Å². The molecule has 1 aromatic carbocycles. The number of anilines is 1. The van der Waals surface area contributed by atoms with Crippen molar-refractivity contribution in [2.75, 3.05) is 31.1 Å². The third-order valence-electron chi connectivity index (χ3n) is 4.27. The van der Waals surface area contributed by atoms with Crippen molar-refractivity contribution in [3.8, 4) is 0 Å². The lowest BCUT2D eigenvalue weighted by Gasteiger charge is -2.24. The largest absolute Gasteiger partial charge is 0.390 e. The Labute approximate surface area is 138 Å². The fourth-order valence-electron chi connectivity index (χ4n) is 3.27. The number of β-amino-alcohol motifs (C(OH)–C–C–N with tert-alkyl or cyclic N) is 1. The standard InChI is InChI=1S/C19H25N3O/c1-15-10-18(11-16(2)20-15)22-9-8-21(13-19(23)14-22)12-17-6-4-3-5-7-17/h3-7,10-11,19,23H,8-9,12-14H2,1-2H3/t19-/m0/s1. The summed E-state index contributed by atoms with van der Waals surface area (Å²) >= 11 is 0. The van der Waals surface area contributed by atoms with Gasteiger partial charge in [0.2, 0.25) is 0 Å². The number of aryl methyl sites for hydroxylation is 2. The van der Waals surface area contributed by atoms with E-state index in [1.54, 1.807) is 0 Å². The van der Waals surface area contributed by atoms with Gasteiger partial charge in [0, 0.05) is 49.8 Å². The third kappa shape index (κ3) is 4.30. The van der Waals surface area contributed by atoms with Gasteiger partial charge < -0.3 is 10.0 Å². The molecule has 2 aromatic rings. The van der Waals surface area contributed by atoms with Crippen LogP contribution < -0.4 is 4.90 Å². The maximum atomic E-state index is 10.4. The molecule has 0 unspecified atom stereocenters. The Morgan fingerprint density at radius 1 is 1.04 bits per heavy atom. The van der Waals surface area contributed by atoms with Crippen molar-refractivity contribution in [3.05, 3.63) is 59.4 Å². The summed E-state index contributed by atoms with van der Waals surface area (Å²) in [5, 5.41) is 10.4. The molecular formula is C19H25N3O. The Morgan fingerprint density at radius 2 is 1.74 bits per heavy atom. The van der Waals surface area contributed by atoms with Crippen LogP contribution in [0.5, 0.6) is 0 Å². The summed E-state index contributed by atoms with van der Waals surface area (Å²) in [6, 6.07) is 14.7. The lowest BCUT2D eigenvalue weighted by Crippen LogP contribution is -2.33. The fourth-order valence-corrected chi connectivity index (χ4v) is 3.27. The second kappa shape index (κ2) is 7.11. The molecule has 0 spiro atoms. The highest BCUT2D eigenvalue weighted by molar-refractivity contribution is 5.48. The number of nitrogens with zero attached hydrogens (tertiary/aromatic N) is 3. The van der Waals surface area contributed by atoms with Gasteiger partial charge in [0.1, 0.15) is 0 Å². The first kappa shape index (κ1) is 16.0. The summed E-state index contributed by atoms with van der Waals surface area (Å²) in [6.45, 7) is 8.20. The molecule has 4 nitrogen and oxygen atoms in total. The van der Waals surface area contributed by atoms with Crippen LogP contribution in [0.3, 0.4) is 0 Å². The minimum atomic E-state index is -0.338. The summed E-state index contributed by atoms with van der Waals surface area (Å²) in [5.41, 5.74) is 4.51. The Balaban J connectivity index is 1.70. The van der Waals surface area contributed by atoms with E-state index >= 15 is 0 Å². The molecule has 1 aromatic heterocycles. The normalized spacial score (nSPS) is 19.6. The maximum absolute atomic E-state index is 10.4. The predicted octanol–water partition coefficient (Wildman–Crippen LogP) is 2.38. The lowest BCUT2D eigenvalue weighted by molar-refractivity contribution is 0.129. The van der Waals surface area contributed by atoms with Gasteiger partial charge in [-0.05, 0) is 31.5 Å². The van der Waals surface area contributed by atoms with E-state index < -0.39 is 0 Å².